The summed E-state index contributed by atoms with van der Waals surface area (Å²) >= 11 is 0. The molecule has 0 saturated carbocycles. The Morgan fingerprint density at radius 2 is 2.05 bits per heavy atom. The monoisotopic (exact) mass is 290 g/mol. The number of carboxylic acids is 1. The predicted octanol–water partition coefficient (Wildman–Crippen LogP) is 2.26. The number of rotatable bonds is 4. The molecule has 1 aromatic carbocycles. The van der Waals surface area contributed by atoms with E-state index in [1.54, 1.807) is 4.90 Å². The zero-order valence-corrected chi connectivity index (χ0v) is 12.3. The normalized spacial score (nSPS) is 18.3. The lowest BCUT2D eigenvalue weighted by Gasteiger charge is -2.30. The topological polar surface area (TPSA) is 69.6 Å². The largest absolute Gasteiger partial charge is 0.481 e. The van der Waals surface area contributed by atoms with Gasteiger partial charge in [0.2, 0.25) is 0 Å². The van der Waals surface area contributed by atoms with Crippen LogP contribution >= 0.6 is 0 Å². The molecule has 1 unspecified atom stereocenters. The number of carboxylic acid groups (broad SMARTS) is 1. The fourth-order valence-electron chi connectivity index (χ4n) is 2.72. The van der Waals surface area contributed by atoms with Crippen molar-refractivity contribution in [2.24, 2.45) is 5.92 Å². The molecule has 2 N–H and O–H groups in total. The minimum atomic E-state index is -0.816. The molecule has 5 nitrogen and oxygen atoms in total. The minimum Gasteiger partial charge on any atom is -0.481 e. The van der Waals surface area contributed by atoms with Gasteiger partial charge >= 0.3 is 12.0 Å². The summed E-state index contributed by atoms with van der Waals surface area (Å²) in [5.41, 5.74) is 2.33. The highest BCUT2D eigenvalue weighted by atomic mass is 16.4. The molecule has 0 radical (unpaired) electrons. The van der Waals surface area contributed by atoms with E-state index in [1.165, 1.54) is 5.56 Å². The molecule has 0 bridgehead atoms. The molecule has 1 aliphatic rings. The van der Waals surface area contributed by atoms with Crippen LogP contribution in [0.5, 0.6) is 0 Å². The molecule has 0 aliphatic carbocycles. The number of carbonyl (C=O) groups is 2. The number of urea groups is 1. The number of hydrogen-bond donors (Lipinski definition) is 2. The molecule has 1 fully saturated rings. The van der Waals surface area contributed by atoms with Crippen LogP contribution < -0.4 is 5.32 Å². The van der Waals surface area contributed by atoms with Crippen LogP contribution in [0.3, 0.4) is 0 Å². The van der Waals surface area contributed by atoms with Crippen molar-refractivity contribution in [3.05, 3.63) is 35.4 Å². The summed E-state index contributed by atoms with van der Waals surface area (Å²) in [6, 6.07) is 7.85. The summed E-state index contributed by atoms with van der Waals surface area (Å²) in [5.74, 6) is -1.25. The second-order valence-corrected chi connectivity index (χ2v) is 5.40. The van der Waals surface area contributed by atoms with Crippen LogP contribution in [0.2, 0.25) is 0 Å². The third kappa shape index (κ3) is 3.97. The Balaban J connectivity index is 1.91. The number of carbonyl (C=O) groups excluding carboxylic acids is 1. The van der Waals surface area contributed by atoms with Gasteiger partial charge in [0.15, 0.2) is 0 Å². The molecule has 1 saturated heterocycles. The summed E-state index contributed by atoms with van der Waals surface area (Å²) < 4.78 is 0. The maximum absolute atomic E-state index is 12.2. The van der Waals surface area contributed by atoms with Gasteiger partial charge in [-0.2, -0.15) is 0 Å². The molecule has 1 heterocycles. The van der Waals surface area contributed by atoms with Gasteiger partial charge in [0.25, 0.3) is 0 Å². The van der Waals surface area contributed by atoms with Crippen molar-refractivity contribution in [1.82, 2.24) is 10.2 Å². The number of hydrogen-bond acceptors (Lipinski definition) is 2. The molecule has 0 spiro atoms. The molecule has 1 aliphatic heterocycles. The van der Waals surface area contributed by atoms with Crippen LogP contribution in [0.25, 0.3) is 0 Å². The summed E-state index contributed by atoms with van der Waals surface area (Å²) in [6.07, 6.45) is 2.32. The highest BCUT2D eigenvalue weighted by molar-refractivity contribution is 5.76. The van der Waals surface area contributed by atoms with E-state index in [0.29, 0.717) is 26.1 Å². The fraction of sp³-hybridized carbons (Fsp3) is 0.500. The summed E-state index contributed by atoms with van der Waals surface area (Å²) in [4.78, 5) is 24.8. The van der Waals surface area contributed by atoms with Crippen LogP contribution in [0.15, 0.2) is 24.3 Å². The number of piperidine rings is 1. The quantitative estimate of drug-likeness (QED) is 0.893. The van der Waals surface area contributed by atoms with Crippen molar-refractivity contribution in [2.45, 2.75) is 32.7 Å². The van der Waals surface area contributed by atoms with E-state index >= 15 is 0 Å². The van der Waals surface area contributed by atoms with Gasteiger partial charge in [0.05, 0.1) is 5.92 Å². The number of nitrogens with zero attached hydrogens (tertiary/aromatic N) is 1. The standard InChI is InChI=1S/C16H22N2O3/c1-2-12-6-3-4-7-13(12)10-17-16(21)18-9-5-8-14(11-18)15(19)20/h3-4,6-7,14H,2,5,8-11H2,1H3,(H,17,21)(H,19,20). The van der Waals surface area contributed by atoms with Crippen molar-refractivity contribution in [1.29, 1.82) is 0 Å². The number of aryl methyl sites for hydroxylation is 1. The summed E-state index contributed by atoms with van der Waals surface area (Å²) in [7, 11) is 0. The van der Waals surface area contributed by atoms with E-state index in [2.05, 4.69) is 18.3 Å². The number of likely N-dealkylation sites (tertiary alicyclic amines) is 1. The zero-order valence-electron chi connectivity index (χ0n) is 12.3. The average molecular weight is 290 g/mol. The second-order valence-electron chi connectivity index (χ2n) is 5.40. The Kier molecular flexibility index (Phi) is 5.20. The zero-order chi connectivity index (χ0) is 15.2. The van der Waals surface area contributed by atoms with E-state index in [9.17, 15) is 9.59 Å². The molecule has 2 rings (SSSR count). The molecule has 1 atom stereocenters. The van der Waals surface area contributed by atoms with E-state index in [0.717, 1.165) is 18.4 Å². The third-order valence-electron chi connectivity index (χ3n) is 3.99. The van der Waals surface area contributed by atoms with Gasteiger partial charge in [-0.15, -0.1) is 0 Å². The average Bonchev–Trinajstić information content (AvgIpc) is 2.52. The van der Waals surface area contributed by atoms with E-state index in [4.69, 9.17) is 5.11 Å². The third-order valence-corrected chi connectivity index (χ3v) is 3.99. The van der Waals surface area contributed by atoms with Crippen LogP contribution in [0.1, 0.15) is 30.9 Å². The first-order chi connectivity index (χ1) is 10.1. The molecule has 114 valence electrons. The Morgan fingerprint density at radius 3 is 2.71 bits per heavy atom. The minimum absolute atomic E-state index is 0.174. The summed E-state index contributed by atoms with van der Waals surface area (Å²) in [5, 5.41) is 12.0. The first-order valence-electron chi connectivity index (χ1n) is 7.44. The molecular formula is C16H22N2O3. The van der Waals surface area contributed by atoms with Crippen molar-refractivity contribution >= 4 is 12.0 Å². The molecule has 5 heteroatoms. The molecule has 1 aromatic rings. The van der Waals surface area contributed by atoms with Gasteiger partial charge in [-0.25, -0.2) is 4.79 Å². The lowest BCUT2D eigenvalue weighted by molar-refractivity contribution is -0.143. The maximum atomic E-state index is 12.2. The Bertz CT molecular complexity index is 516. The van der Waals surface area contributed by atoms with Crippen molar-refractivity contribution in [3.63, 3.8) is 0 Å². The van der Waals surface area contributed by atoms with Crippen molar-refractivity contribution in [2.75, 3.05) is 13.1 Å². The van der Waals surface area contributed by atoms with Crippen LogP contribution in [0, 0.1) is 5.92 Å². The smallest absolute Gasteiger partial charge is 0.317 e. The molecule has 2 amide bonds. The highest BCUT2D eigenvalue weighted by Crippen LogP contribution is 2.17. The first kappa shape index (κ1) is 15.4. The number of nitrogens with one attached hydrogen (secondary N) is 1. The highest BCUT2D eigenvalue weighted by Gasteiger charge is 2.27. The maximum Gasteiger partial charge on any atom is 0.317 e. The van der Waals surface area contributed by atoms with Gasteiger partial charge in [0, 0.05) is 19.6 Å². The van der Waals surface area contributed by atoms with Gasteiger partial charge in [-0.3, -0.25) is 4.79 Å². The van der Waals surface area contributed by atoms with E-state index < -0.39 is 11.9 Å². The Hall–Kier alpha value is -2.04. The predicted molar refractivity (Wildman–Crippen MR) is 80.0 cm³/mol. The molecule has 0 aromatic heterocycles. The fourth-order valence-corrected chi connectivity index (χ4v) is 2.72. The number of aliphatic carboxylic acids is 1. The SMILES string of the molecule is CCc1ccccc1CNC(=O)N1CCCC(C(=O)O)C1. The Morgan fingerprint density at radius 1 is 1.33 bits per heavy atom. The first-order valence-corrected chi connectivity index (χ1v) is 7.44. The van der Waals surface area contributed by atoms with Crippen LogP contribution in [0.4, 0.5) is 4.79 Å². The van der Waals surface area contributed by atoms with E-state index in [-0.39, 0.29) is 6.03 Å². The van der Waals surface area contributed by atoms with Crippen molar-refractivity contribution < 1.29 is 14.7 Å². The van der Waals surface area contributed by atoms with Crippen LogP contribution in [-0.2, 0) is 17.8 Å². The number of benzene rings is 1. The lowest BCUT2D eigenvalue weighted by Crippen LogP contribution is -2.46. The van der Waals surface area contributed by atoms with Crippen molar-refractivity contribution in [3.8, 4) is 0 Å². The Labute approximate surface area is 125 Å². The summed E-state index contributed by atoms with van der Waals surface area (Å²) in [6.45, 7) is 3.50. The van der Waals surface area contributed by atoms with Gasteiger partial charge in [-0.1, -0.05) is 31.2 Å². The number of amides is 2. The molecular weight excluding hydrogens is 268 g/mol. The lowest BCUT2D eigenvalue weighted by atomic mass is 9.99. The molecule has 21 heavy (non-hydrogen) atoms. The van der Waals surface area contributed by atoms with Gasteiger partial charge < -0.3 is 15.3 Å². The van der Waals surface area contributed by atoms with E-state index in [1.807, 2.05) is 18.2 Å². The second kappa shape index (κ2) is 7.11. The van der Waals surface area contributed by atoms with Gasteiger partial charge in [0.1, 0.15) is 0 Å². The van der Waals surface area contributed by atoms with Crippen LogP contribution in [-0.4, -0.2) is 35.1 Å². The van der Waals surface area contributed by atoms with Gasteiger partial charge in [-0.05, 0) is 30.4 Å².